The Morgan fingerprint density at radius 1 is 1.12 bits per heavy atom. The van der Waals surface area contributed by atoms with E-state index < -0.39 is 0 Å². The SMILES string of the molecule is Cc1ccc2[nH]c3cc(C)oc(=O)c3c2c1. The van der Waals surface area contributed by atoms with Crippen molar-refractivity contribution in [2.75, 3.05) is 0 Å². The van der Waals surface area contributed by atoms with Crippen molar-refractivity contribution in [2.45, 2.75) is 13.8 Å². The number of H-pyrrole nitrogens is 1. The predicted molar refractivity (Wildman–Crippen MR) is 63.8 cm³/mol. The molecule has 3 rings (SSSR count). The summed E-state index contributed by atoms with van der Waals surface area (Å²) in [4.78, 5) is 15.0. The molecule has 1 aromatic carbocycles. The third-order valence-corrected chi connectivity index (χ3v) is 2.79. The molecule has 2 heterocycles. The first-order valence-electron chi connectivity index (χ1n) is 5.18. The minimum Gasteiger partial charge on any atom is -0.428 e. The van der Waals surface area contributed by atoms with Crippen molar-refractivity contribution in [1.29, 1.82) is 0 Å². The summed E-state index contributed by atoms with van der Waals surface area (Å²) in [6.45, 7) is 3.78. The predicted octanol–water partition coefficient (Wildman–Crippen LogP) is 2.89. The molecule has 0 saturated carbocycles. The van der Waals surface area contributed by atoms with Crippen LogP contribution in [0.15, 0.2) is 33.5 Å². The summed E-state index contributed by atoms with van der Waals surface area (Å²) in [5.41, 5.74) is 2.67. The molecule has 16 heavy (non-hydrogen) atoms. The van der Waals surface area contributed by atoms with Crippen LogP contribution in [-0.2, 0) is 0 Å². The Labute approximate surface area is 91.7 Å². The number of aryl methyl sites for hydroxylation is 2. The number of hydrogen-bond acceptors (Lipinski definition) is 2. The van der Waals surface area contributed by atoms with E-state index in [1.807, 2.05) is 31.2 Å². The van der Waals surface area contributed by atoms with E-state index >= 15 is 0 Å². The Balaban J connectivity index is 2.63. The molecular weight excluding hydrogens is 202 g/mol. The first-order valence-corrected chi connectivity index (χ1v) is 5.18. The highest BCUT2D eigenvalue weighted by atomic mass is 16.4. The average molecular weight is 213 g/mol. The topological polar surface area (TPSA) is 46.0 Å². The van der Waals surface area contributed by atoms with Crippen molar-refractivity contribution in [1.82, 2.24) is 4.98 Å². The minimum absolute atomic E-state index is 0.271. The van der Waals surface area contributed by atoms with Crippen molar-refractivity contribution < 1.29 is 4.42 Å². The molecule has 0 spiro atoms. The summed E-state index contributed by atoms with van der Waals surface area (Å²) in [5.74, 6) is 0.626. The molecule has 0 amide bonds. The minimum atomic E-state index is -0.271. The van der Waals surface area contributed by atoms with E-state index in [2.05, 4.69) is 4.98 Å². The average Bonchev–Trinajstić information content (AvgIpc) is 2.54. The number of nitrogens with one attached hydrogen (secondary N) is 1. The van der Waals surface area contributed by atoms with E-state index in [-0.39, 0.29) is 5.63 Å². The third-order valence-electron chi connectivity index (χ3n) is 2.79. The standard InChI is InChI=1S/C13H11NO2/c1-7-3-4-10-9(5-7)12-11(14-10)6-8(2)16-13(12)15/h3-6,14H,1-2H3. The van der Waals surface area contributed by atoms with Gasteiger partial charge in [0.2, 0.25) is 0 Å². The van der Waals surface area contributed by atoms with Crippen LogP contribution in [0, 0.1) is 13.8 Å². The molecule has 0 atom stereocenters. The summed E-state index contributed by atoms with van der Waals surface area (Å²) in [5, 5.41) is 1.58. The van der Waals surface area contributed by atoms with Crippen LogP contribution in [0.4, 0.5) is 0 Å². The van der Waals surface area contributed by atoms with E-state index in [0.29, 0.717) is 11.1 Å². The molecule has 3 nitrogen and oxygen atoms in total. The molecule has 3 aromatic rings. The van der Waals surface area contributed by atoms with Gasteiger partial charge in [-0.05, 0) is 26.0 Å². The smallest absolute Gasteiger partial charge is 0.346 e. The van der Waals surface area contributed by atoms with Crippen molar-refractivity contribution in [3.8, 4) is 0 Å². The number of benzene rings is 1. The largest absolute Gasteiger partial charge is 0.428 e. The van der Waals surface area contributed by atoms with Crippen LogP contribution in [0.2, 0.25) is 0 Å². The lowest BCUT2D eigenvalue weighted by atomic mass is 10.1. The molecule has 0 saturated heterocycles. The summed E-state index contributed by atoms with van der Waals surface area (Å²) in [6.07, 6.45) is 0. The van der Waals surface area contributed by atoms with Gasteiger partial charge < -0.3 is 9.40 Å². The third kappa shape index (κ3) is 1.18. The zero-order valence-corrected chi connectivity index (χ0v) is 9.13. The highest BCUT2D eigenvalue weighted by Gasteiger charge is 2.09. The monoisotopic (exact) mass is 213 g/mol. The van der Waals surface area contributed by atoms with Gasteiger partial charge in [-0.3, -0.25) is 0 Å². The van der Waals surface area contributed by atoms with E-state index in [1.54, 1.807) is 6.92 Å². The zero-order valence-electron chi connectivity index (χ0n) is 9.13. The Morgan fingerprint density at radius 2 is 1.94 bits per heavy atom. The lowest BCUT2D eigenvalue weighted by molar-refractivity contribution is 0.489. The fraction of sp³-hybridized carbons (Fsp3) is 0.154. The van der Waals surface area contributed by atoms with Gasteiger partial charge in [-0.25, -0.2) is 4.79 Å². The van der Waals surface area contributed by atoms with Crippen molar-refractivity contribution in [3.05, 3.63) is 46.0 Å². The molecule has 0 aliphatic heterocycles. The fourth-order valence-corrected chi connectivity index (χ4v) is 2.08. The molecule has 0 bridgehead atoms. The zero-order chi connectivity index (χ0) is 11.3. The van der Waals surface area contributed by atoms with Crippen LogP contribution in [0.1, 0.15) is 11.3 Å². The summed E-state index contributed by atoms with van der Waals surface area (Å²) < 4.78 is 5.12. The molecule has 0 aliphatic rings. The van der Waals surface area contributed by atoms with Crippen LogP contribution in [0.5, 0.6) is 0 Å². The van der Waals surface area contributed by atoms with Gasteiger partial charge in [0.25, 0.3) is 0 Å². The Bertz CT molecular complexity index is 750. The van der Waals surface area contributed by atoms with Crippen molar-refractivity contribution in [2.24, 2.45) is 0 Å². The van der Waals surface area contributed by atoms with Gasteiger partial charge in [0.15, 0.2) is 0 Å². The molecule has 80 valence electrons. The molecular formula is C13H11NO2. The second kappa shape index (κ2) is 2.98. The van der Waals surface area contributed by atoms with Crippen molar-refractivity contribution >= 4 is 21.8 Å². The molecule has 1 N–H and O–H groups in total. The van der Waals surface area contributed by atoms with Crippen LogP contribution >= 0.6 is 0 Å². The van der Waals surface area contributed by atoms with Crippen LogP contribution in [-0.4, -0.2) is 4.98 Å². The van der Waals surface area contributed by atoms with Crippen LogP contribution in [0.3, 0.4) is 0 Å². The first kappa shape index (κ1) is 9.21. The van der Waals surface area contributed by atoms with E-state index in [1.165, 1.54) is 0 Å². The maximum absolute atomic E-state index is 11.8. The quantitative estimate of drug-likeness (QED) is 0.624. The van der Waals surface area contributed by atoms with Crippen LogP contribution < -0.4 is 5.63 Å². The van der Waals surface area contributed by atoms with Gasteiger partial charge in [0.1, 0.15) is 5.76 Å². The van der Waals surface area contributed by atoms with Crippen LogP contribution in [0.25, 0.3) is 21.8 Å². The molecule has 0 aliphatic carbocycles. The van der Waals surface area contributed by atoms with Gasteiger partial charge in [-0.15, -0.1) is 0 Å². The summed E-state index contributed by atoms with van der Waals surface area (Å²) in [7, 11) is 0. The van der Waals surface area contributed by atoms with E-state index in [0.717, 1.165) is 22.0 Å². The van der Waals surface area contributed by atoms with E-state index in [9.17, 15) is 4.79 Å². The van der Waals surface area contributed by atoms with Gasteiger partial charge in [0.05, 0.1) is 10.9 Å². The second-order valence-electron chi connectivity index (χ2n) is 4.11. The second-order valence-corrected chi connectivity index (χ2v) is 4.11. The highest BCUT2D eigenvalue weighted by Crippen LogP contribution is 2.23. The maximum atomic E-state index is 11.8. The first-order chi connectivity index (χ1) is 7.65. The lowest BCUT2D eigenvalue weighted by Gasteiger charge is -1.93. The highest BCUT2D eigenvalue weighted by molar-refractivity contribution is 6.06. The number of hydrogen-bond donors (Lipinski definition) is 1. The number of fused-ring (bicyclic) bond motifs is 3. The van der Waals surface area contributed by atoms with Gasteiger partial charge in [-0.1, -0.05) is 11.6 Å². The normalized spacial score (nSPS) is 11.4. The molecule has 2 aromatic heterocycles. The number of aromatic amines is 1. The van der Waals surface area contributed by atoms with Gasteiger partial charge in [-0.2, -0.15) is 0 Å². The lowest BCUT2D eigenvalue weighted by Crippen LogP contribution is -1.98. The fourth-order valence-electron chi connectivity index (χ4n) is 2.08. The number of rotatable bonds is 0. The van der Waals surface area contributed by atoms with Gasteiger partial charge >= 0.3 is 5.63 Å². The van der Waals surface area contributed by atoms with Crippen molar-refractivity contribution in [3.63, 3.8) is 0 Å². The van der Waals surface area contributed by atoms with Gasteiger partial charge in [0, 0.05) is 17.0 Å². The Kier molecular flexibility index (Phi) is 1.72. The maximum Gasteiger partial charge on any atom is 0.346 e. The Morgan fingerprint density at radius 3 is 2.75 bits per heavy atom. The number of aromatic nitrogens is 1. The Hall–Kier alpha value is -2.03. The molecule has 3 heteroatoms. The molecule has 0 unspecified atom stereocenters. The molecule has 0 radical (unpaired) electrons. The summed E-state index contributed by atoms with van der Waals surface area (Å²) in [6, 6.07) is 7.86. The summed E-state index contributed by atoms with van der Waals surface area (Å²) >= 11 is 0. The molecule has 0 fully saturated rings. The van der Waals surface area contributed by atoms with E-state index in [4.69, 9.17) is 4.42 Å².